The van der Waals surface area contributed by atoms with Gasteiger partial charge < -0.3 is 9.84 Å². The number of hydrogen-bond donors (Lipinski definition) is 1. The van der Waals surface area contributed by atoms with Crippen molar-refractivity contribution in [3.8, 4) is 5.75 Å². The van der Waals surface area contributed by atoms with E-state index >= 15 is 0 Å². The van der Waals surface area contributed by atoms with E-state index in [2.05, 4.69) is 0 Å². The van der Waals surface area contributed by atoms with E-state index in [4.69, 9.17) is 4.74 Å². The second kappa shape index (κ2) is 4.73. The van der Waals surface area contributed by atoms with Gasteiger partial charge in [-0.25, -0.2) is 0 Å². The summed E-state index contributed by atoms with van der Waals surface area (Å²) >= 11 is 0. The summed E-state index contributed by atoms with van der Waals surface area (Å²) in [5, 5.41) is 10.8. The third-order valence-corrected chi connectivity index (χ3v) is 3.76. The molecule has 3 nitrogen and oxygen atoms in total. The number of rotatable bonds is 2. The molecule has 0 bridgehead atoms. The lowest BCUT2D eigenvalue weighted by molar-refractivity contribution is -0.125. The van der Waals surface area contributed by atoms with Crippen LogP contribution in [0.4, 0.5) is 0 Å². The zero-order valence-corrected chi connectivity index (χ0v) is 11.2. The molecule has 0 spiro atoms. The van der Waals surface area contributed by atoms with Crippen LogP contribution in [0.15, 0.2) is 12.1 Å². The third-order valence-electron chi connectivity index (χ3n) is 3.76. The topological polar surface area (TPSA) is 46.5 Å². The zero-order valence-electron chi connectivity index (χ0n) is 11.2. The van der Waals surface area contributed by atoms with Crippen molar-refractivity contribution in [2.24, 2.45) is 0 Å². The summed E-state index contributed by atoms with van der Waals surface area (Å²) in [5.74, 6) is 0.966. The van der Waals surface area contributed by atoms with Crippen LogP contribution in [0.25, 0.3) is 0 Å². The van der Waals surface area contributed by atoms with Crippen LogP contribution >= 0.6 is 0 Å². The normalized spacial score (nSPS) is 18.8. The van der Waals surface area contributed by atoms with E-state index in [1.54, 1.807) is 7.11 Å². The molecule has 0 aliphatic heterocycles. The molecule has 98 valence electrons. The molecule has 0 amide bonds. The van der Waals surface area contributed by atoms with Crippen LogP contribution in [-0.2, 0) is 10.4 Å². The molecule has 2 rings (SSSR count). The first kappa shape index (κ1) is 13.1. The Kier molecular flexibility index (Phi) is 3.44. The predicted molar refractivity (Wildman–Crippen MR) is 69.8 cm³/mol. The fourth-order valence-electron chi connectivity index (χ4n) is 2.88. The average Bonchev–Trinajstić information content (AvgIpc) is 2.32. The SMILES string of the molecule is COc1cc(C)cc(C)c1C1(O)CCC(=O)CC1. The highest BCUT2D eigenvalue weighted by atomic mass is 16.5. The molecule has 0 atom stereocenters. The van der Waals surface area contributed by atoms with Crippen molar-refractivity contribution in [2.45, 2.75) is 45.1 Å². The first-order chi connectivity index (χ1) is 8.46. The Morgan fingerprint density at radius 3 is 2.39 bits per heavy atom. The Bertz CT molecular complexity index is 467. The summed E-state index contributed by atoms with van der Waals surface area (Å²) in [4.78, 5) is 11.3. The molecule has 1 aliphatic carbocycles. The van der Waals surface area contributed by atoms with Crippen molar-refractivity contribution in [3.05, 3.63) is 28.8 Å². The Hall–Kier alpha value is -1.35. The van der Waals surface area contributed by atoms with Gasteiger partial charge in [0.05, 0.1) is 12.7 Å². The van der Waals surface area contributed by atoms with Crippen LogP contribution in [0.3, 0.4) is 0 Å². The molecule has 3 heteroatoms. The zero-order chi connectivity index (χ0) is 13.3. The molecule has 0 radical (unpaired) electrons. The minimum atomic E-state index is -0.920. The largest absolute Gasteiger partial charge is 0.496 e. The predicted octanol–water partition coefficient (Wildman–Crippen LogP) is 2.64. The molecule has 0 heterocycles. The van der Waals surface area contributed by atoms with Gasteiger partial charge >= 0.3 is 0 Å². The van der Waals surface area contributed by atoms with Gasteiger partial charge in [0.2, 0.25) is 0 Å². The minimum absolute atomic E-state index is 0.239. The van der Waals surface area contributed by atoms with E-state index in [0.29, 0.717) is 25.7 Å². The number of benzene rings is 1. The van der Waals surface area contributed by atoms with E-state index < -0.39 is 5.60 Å². The summed E-state index contributed by atoms with van der Waals surface area (Å²) in [6.07, 6.45) is 1.89. The van der Waals surface area contributed by atoms with E-state index in [0.717, 1.165) is 22.4 Å². The number of hydrogen-bond acceptors (Lipinski definition) is 3. The molecule has 1 aromatic carbocycles. The lowest BCUT2D eigenvalue weighted by Gasteiger charge is -2.34. The van der Waals surface area contributed by atoms with Gasteiger partial charge in [-0.15, -0.1) is 0 Å². The van der Waals surface area contributed by atoms with E-state index in [1.165, 1.54) is 0 Å². The van der Waals surface area contributed by atoms with Crippen LogP contribution in [0.5, 0.6) is 5.75 Å². The molecular formula is C15H20O3. The maximum atomic E-state index is 11.3. The molecule has 18 heavy (non-hydrogen) atoms. The second-order valence-electron chi connectivity index (χ2n) is 5.23. The van der Waals surface area contributed by atoms with Crippen LogP contribution in [0.1, 0.15) is 42.4 Å². The highest BCUT2D eigenvalue weighted by molar-refractivity contribution is 5.79. The number of ether oxygens (including phenoxy) is 1. The van der Waals surface area contributed by atoms with Crippen LogP contribution in [0.2, 0.25) is 0 Å². The fraction of sp³-hybridized carbons (Fsp3) is 0.533. The van der Waals surface area contributed by atoms with Gasteiger partial charge in [0, 0.05) is 18.4 Å². The van der Waals surface area contributed by atoms with Crippen LogP contribution in [0, 0.1) is 13.8 Å². The number of ketones is 1. The molecule has 1 fully saturated rings. The maximum Gasteiger partial charge on any atom is 0.133 e. The van der Waals surface area contributed by atoms with Gasteiger partial charge in [0.1, 0.15) is 11.5 Å². The van der Waals surface area contributed by atoms with Crippen molar-refractivity contribution < 1.29 is 14.6 Å². The highest BCUT2D eigenvalue weighted by Gasteiger charge is 2.37. The van der Waals surface area contributed by atoms with Gasteiger partial charge in [0.15, 0.2) is 0 Å². The van der Waals surface area contributed by atoms with E-state index in [-0.39, 0.29) is 5.78 Å². The van der Waals surface area contributed by atoms with Gasteiger partial charge in [-0.3, -0.25) is 4.79 Å². The van der Waals surface area contributed by atoms with Gasteiger partial charge in [0.25, 0.3) is 0 Å². The molecule has 1 aromatic rings. The van der Waals surface area contributed by atoms with Gasteiger partial charge in [-0.2, -0.15) is 0 Å². The number of carbonyl (C=O) groups excluding carboxylic acids is 1. The lowest BCUT2D eigenvalue weighted by Crippen LogP contribution is -2.32. The van der Waals surface area contributed by atoms with Crippen LogP contribution < -0.4 is 4.74 Å². The molecule has 0 aromatic heterocycles. The number of aliphatic hydroxyl groups is 1. The first-order valence-electron chi connectivity index (χ1n) is 6.36. The molecule has 1 aliphatic rings. The summed E-state index contributed by atoms with van der Waals surface area (Å²) in [6, 6.07) is 3.99. The van der Waals surface area contributed by atoms with Crippen molar-refractivity contribution in [1.29, 1.82) is 0 Å². The number of aryl methyl sites for hydroxylation is 2. The Morgan fingerprint density at radius 2 is 1.83 bits per heavy atom. The summed E-state index contributed by atoms with van der Waals surface area (Å²) < 4.78 is 5.41. The van der Waals surface area contributed by atoms with Crippen molar-refractivity contribution in [1.82, 2.24) is 0 Å². The highest BCUT2D eigenvalue weighted by Crippen LogP contribution is 2.42. The van der Waals surface area contributed by atoms with Crippen LogP contribution in [-0.4, -0.2) is 18.0 Å². The molecule has 1 N–H and O–H groups in total. The summed E-state index contributed by atoms with van der Waals surface area (Å²) in [7, 11) is 1.62. The van der Waals surface area contributed by atoms with Gasteiger partial charge in [-0.1, -0.05) is 6.07 Å². The molecule has 1 saturated carbocycles. The van der Waals surface area contributed by atoms with Gasteiger partial charge in [-0.05, 0) is 43.9 Å². The Balaban J connectivity index is 2.46. The summed E-state index contributed by atoms with van der Waals surface area (Å²) in [5.41, 5.74) is 2.08. The standard InChI is InChI=1S/C15H20O3/c1-10-8-11(2)14(13(9-10)18-3)15(17)6-4-12(16)5-7-15/h8-9,17H,4-7H2,1-3H3. The second-order valence-corrected chi connectivity index (χ2v) is 5.23. The quantitative estimate of drug-likeness (QED) is 0.875. The Labute approximate surface area is 108 Å². The first-order valence-corrected chi connectivity index (χ1v) is 6.36. The monoisotopic (exact) mass is 248 g/mol. The smallest absolute Gasteiger partial charge is 0.133 e. The number of methoxy groups -OCH3 is 1. The molecule has 0 saturated heterocycles. The van der Waals surface area contributed by atoms with Crippen molar-refractivity contribution >= 4 is 5.78 Å². The van der Waals surface area contributed by atoms with E-state index in [9.17, 15) is 9.90 Å². The minimum Gasteiger partial charge on any atom is -0.496 e. The number of carbonyl (C=O) groups is 1. The third kappa shape index (κ3) is 2.27. The number of Topliss-reactive ketones (excluding diaryl/α,β-unsaturated/α-hetero) is 1. The maximum absolute atomic E-state index is 11.3. The lowest BCUT2D eigenvalue weighted by atomic mass is 9.77. The fourth-order valence-corrected chi connectivity index (χ4v) is 2.88. The van der Waals surface area contributed by atoms with Crippen molar-refractivity contribution in [2.75, 3.05) is 7.11 Å². The van der Waals surface area contributed by atoms with Crippen molar-refractivity contribution in [3.63, 3.8) is 0 Å². The summed E-state index contributed by atoms with van der Waals surface area (Å²) in [6.45, 7) is 3.99. The molecule has 0 unspecified atom stereocenters. The molecular weight excluding hydrogens is 228 g/mol. The Morgan fingerprint density at radius 1 is 1.22 bits per heavy atom. The van der Waals surface area contributed by atoms with E-state index in [1.807, 2.05) is 26.0 Å². The average molecular weight is 248 g/mol.